The second-order valence-electron chi connectivity index (χ2n) is 18.1. The van der Waals surface area contributed by atoms with E-state index in [1.165, 1.54) is 76.7 Å². The van der Waals surface area contributed by atoms with Gasteiger partial charge in [0.05, 0.1) is 16.7 Å². The van der Waals surface area contributed by atoms with Gasteiger partial charge in [0.1, 0.15) is 0 Å². The largest absolute Gasteiger partial charge is 0.310 e. The molecule has 0 bridgehead atoms. The van der Waals surface area contributed by atoms with Gasteiger partial charge in [-0.05, 0) is 138 Å². The van der Waals surface area contributed by atoms with Crippen molar-refractivity contribution >= 4 is 60.4 Å². The summed E-state index contributed by atoms with van der Waals surface area (Å²) in [4.78, 5) is 2.42. The molecule has 0 fully saturated rings. The molecule has 70 heavy (non-hydrogen) atoms. The van der Waals surface area contributed by atoms with E-state index in [1.54, 1.807) is 0 Å². The van der Waals surface area contributed by atoms with Crippen molar-refractivity contribution < 1.29 is 0 Å². The number of rotatable bonds is 9. The van der Waals surface area contributed by atoms with E-state index in [2.05, 4.69) is 289 Å². The van der Waals surface area contributed by atoms with Gasteiger partial charge < -0.3 is 9.47 Å². The second kappa shape index (κ2) is 17.4. The molecule has 0 radical (unpaired) electrons. The molecule has 2 heteroatoms. The monoisotopic (exact) mass is 890 g/mol. The van der Waals surface area contributed by atoms with Gasteiger partial charge in [-0.15, -0.1) is 0 Å². The summed E-state index contributed by atoms with van der Waals surface area (Å²) in [6, 6.07) is 102. The first-order chi connectivity index (χ1) is 34.7. The number of benzene rings is 12. The maximum Gasteiger partial charge on any atom is 0.0541 e. The highest BCUT2D eigenvalue weighted by molar-refractivity contribution is 6.09. The van der Waals surface area contributed by atoms with Crippen LogP contribution in [-0.4, -0.2) is 4.57 Å². The molecule has 12 aromatic carbocycles. The summed E-state index contributed by atoms with van der Waals surface area (Å²) in [5.41, 5.74) is 18.6. The maximum absolute atomic E-state index is 2.42. The van der Waals surface area contributed by atoms with Gasteiger partial charge in [-0.3, -0.25) is 0 Å². The van der Waals surface area contributed by atoms with Crippen LogP contribution in [0.3, 0.4) is 0 Å². The zero-order valence-electron chi connectivity index (χ0n) is 38.5. The summed E-state index contributed by atoms with van der Waals surface area (Å²) in [5.74, 6) is 0. The fraction of sp³-hybridized carbons (Fsp3) is 0. The van der Waals surface area contributed by atoms with Gasteiger partial charge >= 0.3 is 0 Å². The summed E-state index contributed by atoms with van der Waals surface area (Å²) in [6.45, 7) is 0. The van der Waals surface area contributed by atoms with Crippen LogP contribution in [0.15, 0.2) is 279 Å². The van der Waals surface area contributed by atoms with E-state index in [0.717, 1.165) is 45.0 Å². The van der Waals surface area contributed by atoms with Crippen LogP contribution in [0.5, 0.6) is 0 Å². The molecule has 13 rings (SSSR count). The predicted octanol–water partition coefficient (Wildman–Crippen LogP) is 18.9. The lowest BCUT2D eigenvalue weighted by atomic mass is 9.95. The van der Waals surface area contributed by atoms with Crippen LogP contribution in [-0.2, 0) is 0 Å². The van der Waals surface area contributed by atoms with E-state index < -0.39 is 0 Å². The Morgan fingerprint density at radius 3 is 1.40 bits per heavy atom. The first kappa shape index (κ1) is 41.0. The first-order valence-electron chi connectivity index (χ1n) is 24.1. The van der Waals surface area contributed by atoms with E-state index in [4.69, 9.17) is 0 Å². The molecular formula is C68H46N2. The van der Waals surface area contributed by atoms with Crippen molar-refractivity contribution in [3.8, 4) is 61.3 Å². The van der Waals surface area contributed by atoms with E-state index in [1.807, 2.05) is 0 Å². The van der Waals surface area contributed by atoms with Crippen molar-refractivity contribution in [1.82, 2.24) is 4.57 Å². The number of nitrogens with zero attached hydrogens (tertiary/aromatic N) is 2. The lowest BCUT2D eigenvalue weighted by Crippen LogP contribution is -2.11. The third kappa shape index (κ3) is 7.40. The highest BCUT2D eigenvalue weighted by Gasteiger charge is 2.20. The van der Waals surface area contributed by atoms with Gasteiger partial charge in [0.2, 0.25) is 0 Å². The van der Waals surface area contributed by atoms with E-state index in [-0.39, 0.29) is 0 Å². The van der Waals surface area contributed by atoms with Gasteiger partial charge in [0.15, 0.2) is 0 Å². The van der Waals surface area contributed by atoms with Crippen molar-refractivity contribution in [2.75, 3.05) is 4.90 Å². The average Bonchev–Trinajstić information content (AvgIpc) is 3.78. The molecular weight excluding hydrogens is 845 g/mol. The Labute approximate surface area is 408 Å². The Morgan fingerprint density at radius 2 is 0.700 bits per heavy atom. The number of hydrogen-bond acceptors (Lipinski definition) is 1. The quantitative estimate of drug-likeness (QED) is 0.140. The lowest BCUT2D eigenvalue weighted by molar-refractivity contribution is 1.18. The topological polar surface area (TPSA) is 8.17 Å². The molecule has 1 heterocycles. The fourth-order valence-corrected chi connectivity index (χ4v) is 10.5. The number of anilines is 3. The van der Waals surface area contributed by atoms with Crippen LogP contribution in [0.2, 0.25) is 0 Å². The van der Waals surface area contributed by atoms with Crippen LogP contribution >= 0.6 is 0 Å². The van der Waals surface area contributed by atoms with Gasteiger partial charge in [-0.1, -0.05) is 212 Å². The zero-order chi connectivity index (χ0) is 46.4. The molecule has 0 saturated carbocycles. The molecule has 0 saturated heterocycles. The maximum atomic E-state index is 2.42. The van der Waals surface area contributed by atoms with Gasteiger partial charge in [-0.2, -0.15) is 0 Å². The Balaban J connectivity index is 0.918. The molecule has 0 aliphatic heterocycles. The van der Waals surface area contributed by atoms with Gasteiger partial charge in [0, 0.05) is 33.4 Å². The predicted molar refractivity (Wildman–Crippen MR) is 298 cm³/mol. The summed E-state index contributed by atoms with van der Waals surface area (Å²) in [6.07, 6.45) is 0. The first-order valence-corrected chi connectivity index (χ1v) is 24.1. The SMILES string of the molecule is c1ccc(-c2cc(-c3cccc(-n4c5ccccc5c5ccccc54)c3)ccc2N(c2ccc(-c3ccc(-c4ccc5ccccc5c4)cc3)cc2)c2ccc(-c3cccc4ccccc34)cc2)cc1. The standard InChI is InChI=1S/C68H46N2/c1-2-15-52(16-3-1)65-46-57(55-20-12-21-60(45-55)70-66-26-10-8-23-63(66)64-24-9-11-27-67(64)70)38-43-68(65)69(59-41-36-53(37-42-59)62-25-13-19-51-17-6-7-22-61(51)62)58-39-34-49(35-40-58)48-28-30-50(31-29-48)56-33-32-47-14-4-5-18-54(47)44-56/h1-46H. The third-order valence-electron chi connectivity index (χ3n) is 14.0. The molecule has 0 aliphatic rings. The summed E-state index contributed by atoms with van der Waals surface area (Å²) in [7, 11) is 0. The molecule has 13 aromatic rings. The molecule has 0 aliphatic carbocycles. The van der Waals surface area contributed by atoms with E-state index in [0.29, 0.717) is 0 Å². The van der Waals surface area contributed by atoms with Crippen molar-refractivity contribution in [1.29, 1.82) is 0 Å². The van der Waals surface area contributed by atoms with Crippen LogP contribution in [0.25, 0.3) is 105 Å². The van der Waals surface area contributed by atoms with Crippen molar-refractivity contribution in [2.24, 2.45) is 0 Å². The third-order valence-corrected chi connectivity index (χ3v) is 14.0. The smallest absolute Gasteiger partial charge is 0.0541 e. The fourth-order valence-electron chi connectivity index (χ4n) is 10.5. The normalized spacial score (nSPS) is 11.4. The minimum Gasteiger partial charge on any atom is -0.310 e. The number of fused-ring (bicyclic) bond motifs is 5. The lowest BCUT2D eigenvalue weighted by Gasteiger charge is -2.29. The molecule has 328 valence electrons. The molecule has 0 N–H and O–H groups in total. The van der Waals surface area contributed by atoms with E-state index in [9.17, 15) is 0 Å². The summed E-state index contributed by atoms with van der Waals surface area (Å²) >= 11 is 0. The molecule has 0 unspecified atom stereocenters. The molecule has 0 atom stereocenters. The summed E-state index contributed by atoms with van der Waals surface area (Å²) in [5, 5.41) is 7.51. The summed E-state index contributed by atoms with van der Waals surface area (Å²) < 4.78 is 2.40. The van der Waals surface area contributed by atoms with Crippen LogP contribution < -0.4 is 4.90 Å². The number of aromatic nitrogens is 1. The van der Waals surface area contributed by atoms with Gasteiger partial charge in [0.25, 0.3) is 0 Å². The van der Waals surface area contributed by atoms with Crippen molar-refractivity contribution in [2.45, 2.75) is 0 Å². The van der Waals surface area contributed by atoms with Crippen molar-refractivity contribution in [3.05, 3.63) is 279 Å². The highest BCUT2D eigenvalue weighted by atomic mass is 15.1. The van der Waals surface area contributed by atoms with Crippen molar-refractivity contribution in [3.63, 3.8) is 0 Å². The Bertz CT molecular complexity index is 3970. The molecule has 0 amide bonds. The van der Waals surface area contributed by atoms with Gasteiger partial charge in [-0.25, -0.2) is 0 Å². The average molecular weight is 891 g/mol. The zero-order valence-corrected chi connectivity index (χ0v) is 38.5. The number of hydrogen-bond donors (Lipinski definition) is 0. The molecule has 0 spiro atoms. The number of para-hydroxylation sites is 2. The van der Waals surface area contributed by atoms with Crippen LogP contribution in [0.1, 0.15) is 0 Å². The Kier molecular flexibility index (Phi) is 10.2. The van der Waals surface area contributed by atoms with E-state index >= 15 is 0 Å². The Morgan fingerprint density at radius 1 is 0.243 bits per heavy atom. The van der Waals surface area contributed by atoms with Crippen LogP contribution in [0.4, 0.5) is 17.1 Å². The minimum atomic E-state index is 1.08. The minimum absolute atomic E-state index is 1.08. The Hall–Kier alpha value is -9.24. The highest BCUT2D eigenvalue weighted by Crippen LogP contribution is 2.44. The second-order valence-corrected chi connectivity index (χ2v) is 18.1. The molecule has 1 aromatic heterocycles. The molecule has 2 nitrogen and oxygen atoms in total. The van der Waals surface area contributed by atoms with Crippen LogP contribution in [0, 0.1) is 0 Å².